The number of nitrogens with zero attached hydrogens (tertiary/aromatic N) is 4. The molecular formula is C13H13ClN4O4S2. The summed E-state index contributed by atoms with van der Waals surface area (Å²) >= 11 is 6.98. The Kier molecular flexibility index (Phi) is 4.72. The van der Waals surface area contributed by atoms with E-state index in [2.05, 4.69) is 4.98 Å². The van der Waals surface area contributed by atoms with Crippen LogP contribution >= 0.6 is 22.9 Å². The molecule has 0 spiro atoms. The molecule has 1 aromatic heterocycles. The van der Waals surface area contributed by atoms with Gasteiger partial charge < -0.3 is 4.90 Å². The predicted molar refractivity (Wildman–Crippen MR) is 91.2 cm³/mol. The van der Waals surface area contributed by atoms with Crippen LogP contribution in [-0.2, 0) is 10.0 Å². The van der Waals surface area contributed by atoms with Crippen molar-refractivity contribution < 1.29 is 13.3 Å². The summed E-state index contributed by atoms with van der Waals surface area (Å²) in [7, 11) is -3.66. The van der Waals surface area contributed by atoms with Gasteiger partial charge in [-0.1, -0.05) is 23.7 Å². The van der Waals surface area contributed by atoms with Crippen LogP contribution in [0.5, 0.6) is 0 Å². The van der Waals surface area contributed by atoms with Crippen molar-refractivity contribution in [2.45, 2.75) is 4.90 Å². The van der Waals surface area contributed by atoms with Crippen LogP contribution < -0.4 is 4.90 Å². The molecule has 3 rings (SSSR count). The number of piperazine rings is 1. The number of hydrogen-bond donors (Lipinski definition) is 0. The minimum atomic E-state index is -3.66. The molecule has 1 aliphatic rings. The molecule has 0 atom stereocenters. The third-order valence-corrected chi connectivity index (χ3v) is 7.03. The third kappa shape index (κ3) is 3.22. The zero-order valence-electron chi connectivity index (χ0n) is 12.3. The standard InChI is InChI=1S/C13H13ClN4O4S2/c14-10-3-1-2-4-11(10)24(21,22)17-7-5-16(6-8-17)13-15-9-12(23-13)18(19)20/h1-4,9H,5-8H2. The maximum absolute atomic E-state index is 12.7. The van der Waals surface area contributed by atoms with E-state index in [-0.39, 0.29) is 28.0 Å². The Morgan fingerprint density at radius 3 is 2.46 bits per heavy atom. The van der Waals surface area contributed by atoms with Crippen LogP contribution in [0.1, 0.15) is 0 Å². The summed E-state index contributed by atoms with van der Waals surface area (Å²) in [6.07, 6.45) is 1.22. The van der Waals surface area contributed by atoms with E-state index in [1.54, 1.807) is 18.2 Å². The normalized spacial score (nSPS) is 16.3. The molecule has 1 saturated heterocycles. The SMILES string of the molecule is O=[N+]([O-])c1cnc(N2CCN(S(=O)(=O)c3ccccc3Cl)CC2)s1. The van der Waals surface area contributed by atoms with E-state index in [0.717, 1.165) is 11.3 Å². The highest BCUT2D eigenvalue weighted by molar-refractivity contribution is 7.89. The van der Waals surface area contributed by atoms with E-state index in [0.29, 0.717) is 18.2 Å². The molecule has 0 radical (unpaired) electrons. The first-order valence-electron chi connectivity index (χ1n) is 6.99. The van der Waals surface area contributed by atoms with Crippen molar-refractivity contribution in [2.24, 2.45) is 0 Å². The first-order chi connectivity index (χ1) is 11.4. The lowest BCUT2D eigenvalue weighted by Crippen LogP contribution is -2.48. The summed E-state index contributed by atoms with van der Waals surface area (Å²) in [4.78, 5) is 16.2. The first-order valence-corrected chi connectivity index (χ1v) is 9.63. The van der Waals surface area contributed by atoms with Gasteiger partial charge >= 0.3 is 5.00 Å². The smallest absolute Gasteiger partial charge is 0.345 e. The topological polar surface area (TPSA) is 96.7 Å². The summed E-state index contributed by atoms with van der Waals surface area (Å²) in [6, 6.07) is 6.33. The second kappa shape index (κ2) is 6.63. The van der Waals surface area contributed by atoms with Crippen LogP contribution in [0.3, 0.4) is 0 Å². The lowest BCUT2D eigenvalue weighted by atomic mass is 10.4. The maximum atomic E-state index is 12.7. The number of anilines is 1. The Hall–Kier alpha value is -1.75. The molecule has 2 aromatic rings. The van der Waals surface area contributed by atoms with Crippen LogP contribution in [0.25, 0.3) is 0 Å². The van der Waals surface area contributed by atoms with E-state index in [4.69, 9.17) is 11.6 Å². The largest absolute Gasteiger partial charge is 0.345 e. The van der Waals surface area contributed by atoms with E-state index < -0.39 is 14.9 Å². The number of nitro groups is 1. The van der Waals surface area contributed by atoms with Gasteiger partial charge in [-0.3, -0.25) is 10.1 Å². The van der Waals surface area contributed by atoms with E-state index in [1.165, 1.54) is 16.6 Å². The number of aromatic nitrogens is 1. The van der Waals surface area contributed by atoms with Crippen molar-refractivity contribution in [1.29, 1.82) is 0 Å². The highest BCUT2D eigenvalue weighted by atomic mass is 35.5. The van der Waals surface area contributed by atoms with Crippen molar-refractivity contribution in [3.63, 3.8) is 0 Å². The summed E-state index contributed by atoms with van der Waals surface area (Å²) in [6.45, 7) is 1.35. The second-order valence-electron chi connectivity index (χ2n) is 5.06. The Bertz CT molecular complexity index is 862. The van der Waals surface area contributed by atoms with E-state index in [9.17, 15) is 18.5 Å². The van der Waals surface area contributed by atoms with Crippen molar-refractivity contribution in [3.8, 4) is 0 Å². The Balaban J connectivity index is 1.72. The number of hydrogen-bond acceptors (Lipinski definition) is 7. The molecule has 1 aliphatic heterocycles. The first kappa shape index (κ1) is 17.1. The summed E-state index contributed by atoms with van der Waals surface area (Å²) < 4.78 is 26.7. The van der Waals surface area contributed by atoms with Gasteiger partial charge in [-0.2, -0.15) is 4.31 Å². The van der Waals surface area contributed by atoms with Crippen LogP contribution in [0.2, 0.25) is 5.02 Å². The molecule has 2 heterocycles. The highest BCUT2D eigenvalue weighted by Crippen LogP contribution is 2.30. The molecule has 0 bridgehead atoms. The molecule has 24 heavy (non-hydrogen) atoms. The fraction of sp³-hybridized carbons (Fsp3) is 0.308. The lowest BCUT2D eigenvalue weighted by Gasteiger charge is -2.33. The zero-order chi connectivity index (χ0) is 17.3. The molecular weight excluding hydrogens is 376 g/mol. The van der Waals surface area contributed by atoms with Crippen LogP contribution in [0, 0.1) is 10.1 Å². The van der Waals surface area contributed by atoms with Crippen LogP contribution in [-0.4, -0.2) is 48.8 Å². The van der Waals surface area contributed by atoms with Gasteiger partial charge in [0.15, 0.2) is 5.13 Å². The third-order valence-electron chi connectivity index (χ3n) is 3.62. The molecule has 1 aromatic carbocycles. The second-order valence-corrected chi connectivity index (χ2v) is 8.36. The van der Waals surface area contributed by atoms with Gasteiger partial charge in [0.25, 0.3) is 0 Å². The number of sulfonamides is 1. The lowest BCUT2D eigenvalue weighted by molar-refractivity contribution is -0.380. The zero-order valence-corrected chi connectivity index (χ0v) is 14.7. The van der Waals surface area contributed by atoms with Crippen molar-refractivity contribution in [3.05, 3.63) is 45.6 Å². The van der Waals surface area contributed by atoms with Crippen molar-refractivity contribution in [1.82, 2.24) is 9.29 Å². The molecule has 8 nitrogen and oxygen atoms in total. The number of thiazole rings is 1. The van der Waals surface area contributed by atoms with Gasteiger partial charge in [0, 0.05) is 26.2 Å². The van der Waals surface area contributed by atoms with Crippen molar-refractivity contribution in [2.75, 3.05) is 31.1 Å². The molecule has 0 N–H and O–H groups in total. The van der Waals surface area contributed by atoms with Crippen molar-refractivity contribution >= 4 is 43.1 Å². The fourth-order valence-corrected chi connectivity index (χ4v) is 5.10. The number of benzene rings is 1. The fourth-order valence-electron chi connectivity index (χ4n) is 2.40. The molecule has 0 amide bonds. The van der Waals surface area contributed by atoms with E-state index >= 15 is 0 Å². The molecule has 1 fully saturated rings. The average molecular weight is 389 g/mol. The number of halogens is 1. The molecule has 11 heteroatoms. The van der Waals surface area contributed by atoms with Gasteiger partial charge in [-0.25, -0.2) is 13.4 Å². The van der Waals surface area contributed by atoms with Crippen LogP contribution in [0.15, 0.2) is 35.4 Å². The molecule has 128 valence electrons. The Labute approximate surface area is 147 Å². The minimum absolute atomic E-state index is 0.0314. The van der Waals surface area contributed by atoms with Crippen LogP contribution in [0.4, 0.5) is 10.1 Å². The van der Waals surface area contributed by atoms with Gasteiger partial charge in [0.05, 0.1) is 9.95 Å². The predicted octanol–water partition coefficient (Wildman–Crippen LogP) is 2.22. The quantitative estimate of drug-likeness (QED) is 0.588. The number of rotatable bonds is 4. The monoisotopic (exact) mass is 388 g/mol. The summed E-state index contributed by atoms with van der Waals surface area (Å²) in [5.41, 5.74) is 0. The molecule has 0 saturated carbocycles. The summed E-state index contributed by atoms with van der Waals surface area (Å²) in [5.74, 6) is 0. The van der Waals surface area contributed by atoms with E-state index in [1.807, 2.05) is 4.90 Å². The molecule has 0 unspecified atom stereocenters. The average Bonchev–Trinajstić information content (AvgIpc) is 3.05. The minimum Gasteiger partial charge on any atom is -0.345 e. The van der Waals surface area contributed by atoms with Gasteiger partial charge in [0.2, 0.25) is 10.0 Å². The maximum Gasteiger partial charge on any atom is 0.345 e. The Morgan fingerprint density at radius 1 is 1.21 bits per heavy atom. The highest BCUT2D eigenvalue weighted by Gasteiger charge is 2.31. The van der Waals surface area contributed by atoms with Gasteiger partial charge in [0.1, 0.15) is 11.1 Å². The molecule has 0 aliphatic carbocycles. The Morgan fingerprint density at radius 2 is 1.88 bits per heavy atom. The van der Waals surface area contributed by atoms with Gasteiger partial charge in [-0.05, 0) is 23.5 Å². The summed E-state index contributed by atoms with van der Waals surface area (Å²) in [5, 5.41) is 11.4. The van der Waals surface area contributed by atoms with Gasteiger partial charge in [-0.15, -0.1) is 0 Å².